The van der Waals surface area contributed by atoms with Gasteiger partial charge >= 0.3 is 6.03 Å². The molecule has 1 N–H and O–H groups in total. The summed E-state index contributed by atoms with van der Waals surface area (Å²) in [6.07, 6.45) is 8.49. The maximum atomic E-state index is 12.2. The van der Waals surface area contributed by atoms with Crippen LogP contribution in [-0.4, -0.2) is 69.0 Å². The van der Waals surface area contributed by atoms with Gasteiger partial charge < -0.3 is 4.90 Å². The van der Waals surface area contributed by atoms with Crippen molar-refractivity contribution in [1.82, 2.24) is 29.8 Å². The number of nitrogens with zero attached hydrogens (tertiary/aromatic N) is 6. The van der Waals surface area contributed by atoms with Gasteiger partial charge in [-0.05, 0) is 31.2 Å². The number of aryl methyl sites for hydroxylation is 1. The van der Waals surface area contributed by atoms with Crippen molar-refractivity contribution in [3.05, 3.63) is 29.3 Å². The molecule has 2 fully saturated rings. The van der Waals surface area contributed by atoms with E-state index < -0.39 is 0 Å². The van der Waals surface area contributed by atoms with Gasteiger partial charge in [0, 0.05) is 51.7 Å². The van der Waals surface area contributed by atoms with Gasteiger partial charge in [0.25, 0.3) is 0 Å². The summed E-state index contributed by atoms with van der Waals surface area (Å²) in [7, 11) is 1.84. The number of likely N-dealkylation sites (tertiary alicyclic amines) is 1. The summed E-state index contributed by atoms with van der Waals surface area (Å²) in [4.78, 5) is 18.2. The highest BCUT2D eigenvalue weighted by molar-refractivity contribution is 5.93. The molecule has 0 radical (unpaired) electrons. The molecule has 5 rings (SSSR count). The molecule has 1 atom stereocenters. The Kier molecular flexibility index (Phi) is 3.74. The number of nitrogens with one attached hydrogen (secondary N) is 1. The van der Waals surface area contributed by atoms with Gasteiger partial charge in [0.05, 0.1) is 23.6 Å². The van der Waals surface area contributed by atoms with Gasteiger partial charge in [0.15, 0.2) is 0 Å². The summed E-state index contributed by atoms with van der Waals surface area (Å²) in [5.74, 6) is 0. The summed E-state index contributed by atoms with van der Waals surface area (Å²) in [6.45, 7) is 4.48. The molecule has 2 amide bonds. The number of fused-ring (bicyclic) bond motifs is 1. The molecule has 1 aliphatic carbocycles. The Bertz CT molecular complexity index is 825. The number of rotatable bonds is 4. The van der Waals surface area contributed by atoms with Crippen LogP contribution in [0.25, 0.3) is 0 Å². The molecule has 0 saturated carbocycles. The van der Waals surface area contributed by atoms with Crippen LogP contribution in [0.3, 0.4) is 0 Å². The lowest BCUT2D eigenvalue weighted by molar-refractivity contribution is 0.229. The number of likely N-dealkylation sites (N-methyl/N-ethyl adjacent to an activating group) is 1. The number of urea groups is 1. The van der Waals surface area contributed by atoms with E-state index in [9.17, 15) is 4.79 Å². The quantitative estimate of drug-likeness (QED) is 0.900. The van der Waals surface area contributed by atoms with Crippen LogP contribution in [0.1, 0.15) is 35.8 Å². The van der Waals surface area contributed by atoms with E-state index in [2.05, 4.69) is 20.2 Å². The van der Waals surface area contributed by atoms with Crippen LogP contribution in [0.2, 0.25) is 0 Å². The first-order valence-electron chi connectivity index (χ1n) is 9.53. The Balaban J connectivity index is 1.24. The number of aromatic nitrogens is 4. The predicted molar refractivity (Wildman–Crippen MR) is 97.1 cm³/mol. The monoisotopic (exact) mass is 355 g/mol. The number of hydrogen-bond donors (Lipinski definition) is 1. The van der Waals surface area contributed by atoms with E-state index in [1.807, 2.05) is 29.0 Å². The van der Waals surface area contributed by atoms with Crippen LogP contribution in [0, 0.1) is 0 Å². The molecule has 2 aromatic rings. The first-order chi connectivity index (χ1) is 12.7. The average Bonchev–Trinajstić information content (AvgIpc) is 3.41. The fourth-order valence-corrected chi connectivity index (χ4v) is 4.46. The zero-order valence-corrected chi connectivity index (χ0v) is 15.2. The van der Waals surface area contributed by atoms with Gasteiger partial charge in [-0.3, -0.25) is 19.6 Å². The van der Waals surface area contributed by atoms with Crippen molar-refractivity contribution >= 4 is 11.7 Å². The molecule has 0 spiro atoms. The number of H-pyrrole nitrogens is 1. The van der Waals surface area contributed by atoms with E-state index in [1.54, 1.807) is 4.90 Å². The molecule has 8 nitrogen and oxygen atoms in total. The molecular formula is C18H25N7O. The van der Waals surface area contributed by atoms with E-state index in [0.717, 1.165) is 51.3 Å². The van der Waals surface area contributed by atoms with E-state index in [-0.39, 0.29) is 6.03 Å². The highest BCUT2D eigenvalue weighted by Gasteiger charge is 2.30. The molecular weight excluding hydrogens is 330 g/mol. The highest BCUT2D eigenvalue weighted by atomic mass is 16.2. The maximum absolute atomic E-state index is 12.2. The Morgan fingerprint density at radius 1 is 1.27 bits per heavy atom. The summed E-state index contributed by atoms with van der Waals surface area (Å²) in [5.41, 5.74) is 4.92. The summed E-state index contributed by atoms with van der Waals surface area (Å²) < 4.78 is 2.04. The molecule has 2 aromatic heterocycles. The number of carbonyl (C=O) groups is 1. The molecule has 0 bridgehead atoms. The lowest BCUT2D eigenvalue weighted by atomic mass is 10.2. The smallest absolute Gasteiger partial charge is 0.324 e. The summed E-state index contributed by atoms with van der Waals surface area (Å²) in [5, 5.41) is 12.3. The average molecular weight is 355 g/mol. The van der Waals surface area contributed by atoms with Gasteiger partial charge in [0.2, 0.25) is 0 Å². The van der Waals surface area contributed by atoms with Crippen molar-refractivity contribution < 1.29 is 4.79 Å². The second-order valence-electron chi connectivity index (χ2n) is 7.69. The molecule has 26 heavy (non-hydrogen) atoms. The minimum Gasteiger partial charge on any atom is -0.326 e. The number of carbonyl (C=O) groups excluding carboxylic acids is 1. The van der Waals surface area contributed by atoms with E-state index in [4.69, 9.17) is 0 Å². The van der Waals surface area contributed by atoms with Crippen LogP contribution in [0.4, 0.5) is 10.5 Å². The van der Waals surface area contributed by atoms with Gasteiger partial charge in [-0.15, -0.1) is 0 Å². The molecule has 2 aliphatic heterocycles. The Labute approximate surface area is 152 Å². The maximum Gasteiger partial charge on any atom is 0.324 e. The molecule has 4 heterocycles. The summed E-state index contributed by atoms with van der Waals surface area (Å²) in [6, 6.07) is 0.427. The zero-order chi connectivity index (χ0) is 17.7. The van der Waals surface area contributed by atoms with Crippen molar-refractivity contribution in [1.29, 1.82) is 0 Å². The minimum atomic E-state index is 0.0602. The summed E-state index contributed by atoms with van der Waals surface area (Å²) >= 11 is 0. The standard InChI is InChI=1S/C18H25N7O/c1-22-7-8-24(18(22)26)14-9-19-25(11-14)13-5-6-23(10-13)12-17-15-3-2-4-16(15)20-21-17/h9,11,13H,2-8,10,12H2,1H3,(H,20,21). The van der Waals surface area contributed by atoms with Crippen LogP contribution >= 0.6 is 0 Å². The normalized spacial score (nSPS) is 23.4. The topological polar surface area (TPSA) is 73.3 Å². The Hall–Kier alpha value is -2.35. The van der Waals surface area contributed by atoms with Crippen molar-refractivity contribution in [3.63, 3.8) is 0 Å². The fourth-order valence-electron chi connectivity index (χ4n) is 4.46. The van der Waals surface area contributed by atoms with Gasteiger partial charge in [0.1, 0.15) is 0 Å². The van der Waals surface area contributed by atoms with Crippen LogP contribution in [-0.2, 0) is 19.4 Å². The van der Waals surface area contributed by atoms with Crippen molar-refractivity contribution in [2.75, 3.05) is 38.1 Å². The van der Waals surface area contributed by atoms with Gasteiger partial charge in [-0.1, -0.05) is 0 Å². The first-order valence-corrected chi connectivity index (χ1v) is 9.53. The van der Waals surface area contributed by atoms with Gasteiger partial charge in [-0.2, -0.15) is 10.2 Å². The third-order valence-corrected chi connectivity index (χ3v) is 6.00. The molecule has 3 aliphatic rings. The lowest BCUT2D eigenvalue weighted by Crippen LogP contribution is -2.28. The van der Waals surface area contributed by atoms with E-state index in [0.29, 0.717) is 6.04 Å². The second kappa shape index (κ2) is 6.12. The highest BCUT2D eigenvalue weighted by Crippen LogP contribution is 2.28. The second-order valence-corrected chi connectivity index (χ2v) is 7.69. The zero-order valence-electron chi connectivity index (χ0n) is 15.2. The Morgan fingerprint density at radius 2 is 2.19 bits per heavy atom. The number of amides is 2. The van der Waals surface area contributed by atoms with Crippen molar-refractivity contribution in [3.8, 4) is 0 Å². The number of aromatic amines is 1. The van der Waals surface area contributed by atoms with Crippen LogP contribution in [0.5, 0.6) is 0 Å². The van der Waals surface area contributed by atoms with E-state index >= 15 is 0 Å². The molecule has 138 valence electrons. The van der Waals surface area contributed by atoms with Crippen molar-refractivity contribution in [2.45, 2.75) is 38.3 Å². The third-order valence-electron chi connectivity index (χ3n) is 6.00. The fraction of sp³-hybridized carbons (Fsp3) is 0.611. The predicted octanol–water partition coefficient (Wildman–Crippen LogP) is 1.41. The minimum absolute atomic E-state index is 0.0602. The number of anilines is 1. The Morgan fingerprint density at radius 3 is 3.04 bits per heavy atom. The SMILES string of the molecule is CN1CCN(c2cnn(C3CCN(Cc4n[nH]c5c4CCC5)C3)c2)C1=O. The number of hydrogen-bond acceptors (Lipinski definition) is 4. The third kappa shape index (κ3) is 2.59. The molecule has 2 saturated heterocycles. The van der Waals surface area contributed by atoms with E-state index in [1.165, 1.54) is 29.8 Å². The van der Waals surface area contributed by atoms with Crippen LogP contribution < -0.4 is 4.90 Å². The largest absolute Gasteiger partial charge is 0.326 e. The molecule has 1 unspecified atom stereocenters. The van der Waals surface area contributed by atoms with Crippen LogP contribution in [0.15, 0.2) is 12.4 Å². The van der Waals surface area contributed by atoms with Crippen molar-refractivity contribution in [2.24, 2.45) is 0 Å². The lowest BCUT2D eigenvalue weighted by Gasteiger charge is -2.16. The van der Waals surface area contributed by atoms with Gasteiger partial charge in [-0.25, -0.2) is 4.79 Å². The first kappa shape index (κ1) is 15.9. The molecule has 0 aromatic carbocycles. The molecule has 8 heteroatoms.